The first-order valence-corrected chi connectivity index (χ1v) is 11.1. The molecule has 0 spiro atoms. The van der Waals surface area contributed by atoms with Crippen LogP contribution in [-0.2, 0) is 10.2 Å². The molecule has 0 bridgehead atoms. The lowest BCUT2D eigenvalue weighted by Gasteiger charge is -2.39. The summed E-state index contributed by atoms with van der Waals surface area (Å²) in [6.07, 6.45) is 9.00. The molecule has 0 saturated heterocycles. The smallest absolute Gasteiger partial charge is 0.335 e. The Bertz CT molecular complexity index is 969. The van der Waals surface area contributed by atoms with Crippen molar-refractivity contribution in [2.45, 2.75) is 76.4 Å². The number of carbonyl (C=O) groups is 1. The maximum Gasteiger partial charge on any atom is 0.335 e. The van der Waals surface area contributed by atoms with E-state index in [2.05, 4.69) is 43.9 Å². The lowest BCUT2D eigenvalue weighted by molar-refractivity contribution is -0.0428. The monoisotopic (exact) mass is 402 g/mol. The van der Waals surface area contributed by atoms with E-state index in [0.717, 1.165) is 24.0 Å². The minimum absolute atomic E-state index is 0.153. The van der Waals surface area contributed by atoms with E-state index in [4.69, 9.17) is 9.84 Å². The van der Waals surface area contributed by atoms with Crippen LogP contribution in [0.3, 0.4) is 0 Å². The van der Waals surface area contributed by atoms with E-state index >= 15 is 0 Å². The number of aromatic carboxylic acids is 1. The summed E-state index contributed by atoms with van der Waals surface area (Å²) >= 11 is 0. The standard InChI is InChI=1S/C27H30O3/c1-27(2)17-16-25(30-22-6-4-3-5-7-22)23-18-20(12-15-24(23)27)9-8-19-10-13-21(14-11-19)26(28)29/h10-15,18,22,25H,3-7,16-17H2,1-2H3,(H,28,29). The van der Waals surface area contributed by atoms with Crippen LogP contribution in [0.25, 0.3) is 0 Å². The third kappa shape index (κ3) is 4.60. The molecule has 1 saturated carbocycles. The number of rotatable bonds is 3. The number of benzene rings is 2. The quantitative estimate of drug-likeness (QED) is 0.618. The van der Waals surface area contributed by atoms with Crippen LogP contribution in [0.2, 0.25) is 0 Å². The van der Waals surface area contributed by atoms with Gasteiger partial charge in [-0.05, 0) is 78.6 Å². The summed E-state index contributed by atoms with van der Waals surface area (Å²) in [4.78, 5) is 11.0. The van der Waals surface area contributed by atoms with Gasteiger partial charge in [-0.15, -0.1) is 0 Å². The number of hydrogen-bond acceptors (Lipinski definition) is 2. The molecule has 2 aliphatic carbocycles. The minimum Gasteiger partial charge on any atom is -0.478 e. The van der Waals surface area contributed by atoms with Gasteiger partial charge in [0.05, 0.1) is 17.8 Å². The first-order valence-electron chi connectivity index (χ1n) is 11.1. The molecule has 2 aromatic carbocycles. The van der Waals surface area contributed by atoms with Gasteiger partial charge in [0.2, 0.25) is 0 Å². The highest BCUT2D eigenvalue weighted by Crippen LogP contribution is 2.44. The average molecular weight is 403 g/mol. The van der Waals surface area contributed by atoms with E-state index in [1.54, 1.807) is 24.3 Å². The lowest BCUT2D eigenvalue weighted by atomic mass is 9.71. The van der Waals surface area contributed by atoms with E-state index in [1.807, 2.05) is 0 Å². The van der Waals surface area contributed by atoms with E-state index in [0.29, 0.717) is 6.10 Å². The summed E-state index contributed by atoms with van der Waals surface area (Å²) in [5.41, 5.74) is 4.90. The second-order valence-corrected chi connectivity index (χ2v) is 9.24. The van der Waals surface area contributed by atoms with Crippen LogP contribution in [0.5, 0.6) is 0 Å². The number of hydrogen-bond donors (Lipinski definition) is 1. The third-order valence-electron chi connectivity index (χ3n) is 6.55. The van der Waals surface area contributed by atoms with Crippen molar-refractivity contribution in [3.63, 3.8) is 0 Å². The van der Waals surface area contributed by atoms with E-state index in [-0.39, 0.29) is 17.1 Å². The molecule has 2 aromatic rings. The molecular formula is C27H30O3. The molecule has 1 fully saturated rings. The van der Waals surface area contributed by atoms with Gasteiger partial charge < -0.3 is 9.84 Å². The molecule has 0 aromatic heterocycles. The van der Waals surface area contributed by atoms with Crippen LogP contribution in [-0.4, -0.2) is 17.2 Å². The van der Waals surface area contributed by atoms with Crippen molar-refractivity contribution in [2.75, 3.05) is 0 Å². The molecule has 0 heterocycles. The fraction of sp³-hybridized carbons (Fsp3) is 0.444. The Hall–Kier alpha value is -2.57. The summed E-state index contributed by atoms with van der Waals surface area (Å²) in [7, 11) is 0. The highest BCUT2D eigenvalue weighted by atomic mass is 16.5. The van der Waals surface area contributed by atoms with Gasteiger partial charge in [0.1, 0.15) is 0 Å². The second-order valence-electron chi connectivity index (χ2n) is 9.24. The zero-order valence-corrected chi connectivity index (χ0v) is 17.9. The minimum atomic E-state index is -0.921. The van der Waals surface area contributed by atoms with E-state index in [1.165, 1.54) is 43.2 Å². The van der Waals surface area contributed by atoms with Gasteiger partial charge in [-0.25, -0.2) is 4.79 Å². The van der Waals surface area contributed by atoms with Crippen molar-refractivity contribution in [2.24, 2.45) is 0 Å². The van der Waals surface area contributed by atoms with Crippen LogP contribution in [0.15, 0.2) is 42.5 Å². The largest absolute Gasteiger partial charge is 0.478 e. The summed E-state index contributed by atoms with van der Waals surface area (Å²) in [5.74, 6) is 5.50. The zero-order valence-electron chi connectivity index (χ0n) is 17.9. The average Bonchev–Trinajstić information content (AvgIpc) is 2.75. The highest BCUT2D eigenvalue weighted by Gasteiger charge is 2.34. The molecule has 3 nitrogen and oxygen atoms in total. The maximum atomic E-state index is 11.0. The Morgan fingerprint density at radius 1 is 0.967 bits per heavy atom. The fourth-order valence-electron chi connectivity index (χ4n) is 4.72. The molecule has 4 rings (SSSR count). The van der Waals surface area contributed by atoms with Crippen LogP contribution in [0.1, 0.15) is 97.5 Å². The van der Waals surface area contributed by atoms with Gasteiger partial charge >= 0.3 is 5.97 Å². The molecule has 3 heteroatoms. The summed E-state index contributed by atoms with van der Waals surface area (Å²) in [6, 6.07) is 13.2. The van der Waals surface area contributed by atoms with Gasteiger partial charge in [-0.1, -0.05) is 51.0 Å². The van der Waals surface area contributed by atoms with E-state index in [9.17, 15) is 4.79 Å². The van der Waals surface area contributed by atoms with Crippen molar-refractivity contribution in [1.82, 2.24) is 0 Å². The third-order valence-corrected chi connectivity index (χ3v) is 6.55. The van der Waals surface area contributed by atoms with Gasteiger partial charge in [-0.2, -0.15) is 0 Å². The Labute approximate surface area is 179 Å². The molecule has 1 N–H and O–H groups in total. The predicted molar refractivity (Wildman–Crippen MR) is 119 cm³/mol. The van der Waals surface area contributed by atoms with Crippen molar-refractivity contribution >= 4 is 5.97 Å². The Kier molecular flexibility index (Phi) is 5.97. The lowest BCUT2D eigenvalue weighted by Crippen LogP contribution is -2.30. The molecule has 156 valence electrons. The van der Waals surface area contributed by atoms with Crippen molar-refractivity contribution in [3.05, 3.63) is 70.3 Å². The maximum absolute atomic E-state index is 11.0. The molecule has 0 aliphatic heterocycles. The van der Waals surface area contributed by atoms with Crippen LogP contribution < -0.4 is 0 Å². The van der Waals surface area contributed by atoms with Crippen LogP contribution >= 0.6 is 0 Å². The van der Waals surface area contributed by atoms with Crippen molar-refractivity contribution < 1.29 is 14.6 Å². The SMILES string of the molecule is CC1(C)CCC(OC2CCCCC2)c2cc(C#Cc3ccc(C(=O)O)cc3)ccc21. The number of carboxylic acids is 1. The topological polar surface area (TPSA) is 46.5 Å². The normalized spacial score (nSPS) is 20.7. The molecular weight excluding hydrogens is 372 g/mol. The first kappa shape index (κ1) is 20.7. The molecule has 2 aliphatic rings. The van der Waals surface area contributed by atoms with Crippen molar-refractivity contribution in [1.29, 1.82) is 0 Å². The predicted octanol–water partition coefficient (Wildman–Crippen LogP) is 6.25. The zero-order chi connectivity index (χ0) is 21.1. The fourth-order valence-corrected chi connectivity index (χ4v) is 4.72. The Morgan fingerprint density at radius 3 is 2.33 bits per heavy atom. The number of carboxylic acid groups (broad SMARTS) is 1. The Morgan fingerprint density at radius 2 is 1.63 bits per heavy atom. The summed E-state index contributed by atoms with van der Waals surface area (Å²) < 4.78 is 6.60. The number of ether oxygens (including phenoxy) is 1. The first-order chi connectivity index (χ1) is 14.4. The van der Waals surface area contributed by atoms with Gasteiger partial charge in [0.25, 0.3) is 0 Å². The molecule has 30 heavy (non-hydrogen) atoms. The molecule has 0 radical (unpaired) electrons. The molecule has 1 unspecified atom stereocenters. The summed E-state index contributed by atoms with van der Waals surface area (Å²) in [5, 5.41) is 9.03. The van der Waals surface area contributed by atoms with Crippen LogP contribution in [0, 0.1) is 11.8 Å². The second kappa shape index (κ2) is 8.66. The van der Waals surface area contributed by atoms with E-state index < -0.39 is 5.97 Å². The van der Waals surface area contributed by atoms with Gasteiger partial charge in [-0.3, -0.25) is 0 Å². The highest BCUT2D eigenvalue weighted by molar-refractivity contribution is 5.87. The molecule has 0 amide bonds. The summed E-state index contributed by atoms with van der Waals surface area (Å²) in [6.45, 7) is 4.63. The van der Waals surface area contributed by atoms with Gasteiger partial charge in [0.15, 0.2) is 0 Å². The van der Waals surface area contributed by atoms with Crippen LogP contribution in [0.4, 0.5) is 0 Å². The van der Waals surface area contributed by atoms with Gasteiger partial charge in [0, 0.05) is 11.1 Å². The molecule has 1 atom stereocenters. The number of fused-ring (bicyclic) bond motifs is 1. The van der Waals surface area contributed by atoms with Crippen molar-refractivity contribution in [3.8, 4) is 11.8 Å². The Balaban J connectivity index is 1.59.